The van der Waals surface area contributed by atoms with E-state index in [4.69, 9.17) is 0 Å². The lowest BCUT2D eigenvalue weighted by molar-refractivity contribution is -0.274. The summed E-state index contributed by atoms with van der Waals surface area (Å²) in [6.07, 6.45) is -1.60. The molecule has 0 radical (unpaired) electrons. The normalized spacial score (nSPS) is 17.2. The number of halogens is 3. The van der Waals surface area contributed by atoms with Gasteiger partial charge in [-0.15, -0.1) is 24.5 Å². The van der Waals surface area contributed by atoms with Gasteiger partial charge in [-0.05, 0) is 61.1 Å². The van der Waals surface area contributed by atoms with Crippen LogP contribution in [-0.4, -0.2) is 12.3 Å². The molecule has 24 heavy (non-hydrogen) atoms. The number of carbonyl (C=O) groups is 1. The summed E-state index contributed by atoms with van der Waals surface area (Å²) in [6.45, 7) is 2.20. The number of carbonyl (C=O) groups excluding carboxylic acids is 1. The van der Waals surface area contributed by atoms with E-state index in [0.717, 1.165) is 19.3 Å². The zero-order valence-corrected chi connectivity index (χ0v) is 13.8. The van der Waals surface area contributed by atoms with Crippen molar-refractivity contribution in [3.8, 4) is 5.75 Å². The van der Waals surface area contributed by atoms with Gasteiger partial charge in [0, 0.05) is 10.6 Å². The molecule has 0 bridgehead atoms. The summed E-state index contributed by atoms with van der Waals surface area (Å²) in [7, 11) is 0. The van der Waals surface area contributed by atoms with Crippen molar-refractivity contribution in [2.24, 2.45) is 5.92 Å². The van der Waals surface area contributed by atoms with Crippen LogP contribution in [0.3, 0.4) is 0 Å². The number of fused-ring (bicyclic) bond motifs is 1. The van der Waals surface area contributed by atoms with E-state index in [-0.39, 0.29) is 11.7 Å². The summed E-state index contributed by atoms with van der Waals surface area (Å²) in [4.78, 5) is 14.2. The van der Waals surface area contributed by atoms with Crippen LogP contribution >= 0.6 is 11.3 Å². The summed E-state index contributed by atoms with van der Waals surface area (Å²) in [5.74, 6) is 0.0665. The van der Waals surface area contributed by atoms with Crippen molar-refractivity contribution < 1.29 is 22.7 Å². The number of nitrogens with one attached hydrogen (secondary N) is 1. The van der Waals surface area contributed by atoms with Crippen LogP contribution in [0, 0.1) is 5.92 Å². The van der Waals surface area contributed by atoms with E-state index in [1.807, 2.05) is 6.07 Å². The first kappa shape index (κ1) is 16.8. The fraction of sp³-hybridized carbons (Fsp3) is 0.353. The molecule has 0 saturated carbocycles. The third-order valence-electron chi connectivity index (χ3n) is 3.90. The minimum Gasteiger partial charge on any atom is -0.406 e. The lowest BCUT2D eigenvalue weighted by Crippen LogP contribution is -2.17. The number of ether oxygens (including phenoxy) is 1. The Morgan fingerprint density at radius 3 is 2.67 bits per heavy atom. The first-order valence-corrected chi connectivity index (χ1v) is 8.40. The number of alkyl halides is 3. The number of thiophene rings is 1. The maximum Gasteiger partial charge on any atom is 0.573 e. The van der Waals surface area contributed by atoms with E-state index in [2.05, 4.69) is 17.0 Å². The lowest BCUT2D eigenvalue weighted by atomic mass is 9.90. The molecule has 0 unspecified atom stereocenters. The standard InChI is InChI=1S/C17H16F3NO2S/c1-10-2-7-14-11(8-10)9-15(24-14)16(22)21-12-3-5-13(6-4-12)23-17(18,19)20/h3-6,9-10H,2,7-8H2,1H3,(H,21,22)/t10-/m0/s1. The van der Waals surface area contributed by atoms with E-state index >= 15 is 0 Å². The van der Waals surface area contributed by atoms with Crippen LogP contribution in [0.1, 0.15) is 33.5 Å². The molecule has 3 nitrogen and oxygen atoms in total. The topological polar surface area (TPSA) is 38.3 Å². The smallest absolute Gasteiger partial charge is 0.406 e. The van der Waals surface area contributed by atoms with Crippen LogP contribution in [-0.2, 0) is 12.8 Å². The Morgan fingerprint density at radius 1 is 1.29 bits per heavy atom. The van der Waals surface area contributed by atoms with Crippen LogP contribution in [0.25, 0.3) is 0 Å². The highest BCUT2D eigenvalue weighted by Crippen LogP contribution is 2.32. The van der Waals surface area contributed by atoms with Crippen molar-refractivity contribution in [3.63, 3.8) is 0 Å². The molecule has 1 aliphatic carbocycles. The van der Waals surface area contributed by atoms with Crippen molar-refractivity contribution >= 4 is 22.9 Å². The van der Waals surface area contributed by atoms with Crippen LogP contribution in [0.5, 0.6) is 5.75 Å². The predicted octanol–water partition coefficient (Wildman–Crippen LogP) is 5.02. The third kappa shape index (κ3) is 4.08. The number of benzene rings is 1. The van der Waals surface area contributed by atoms with Gasteiger partial charge in [0.25, 0.3) is 5.91 Å². The van der Waals surface area contributed by atoms with Gasteiger partial charge in [0.05, 0.1) is 4.88 Å². The average molecular weight is 355 g/mol. The van der Waals surface area contributed by atoms with Gasteiger partial charge >= 0.3 is 6.36 Å². The molecule has 0 aliphatic heterocycles. The highest BCUT2D eigenvalue weighted by atomic mass is 32.1. The molecular weight excluding hydrogens is 339 g/mol. The summed E-state index contributed by atoms with van der Waals surface area (Å²) in [5, 5.41) is 2.70. The van der Waals surface area contributed by atoms with Gasteiger partial charge < -0.3 is 10.1 Å². The van der Waals surface area contributed by atoms with Crippen molar-refractivity contribution in [2.45, 2.75) is 32.5 Å². The van der Waals surface area contributed by atoms with Crippen LogP contribution in [0.15, 0.2) is 30.3 Å². The molecule has 3 rings (SSSR count). The number of anilines is 1. The van der Waals surface area contributed by atoms with Gasteiger partial charge in [-0.2, -0.15) is 0 Å². The molecule has 128 valence electrons. The van der Waals surface area contributed by atoms with E-state index in [0.29, 0.717) is 16.5 Å². The summed E-state index contributed by atoms with van der Waals surface area (Å²) in [6, 6.07) is 7.03. The largest absolute Gasteiger partial charge is 0.573 e. The maximum atomic E-state index is 12.3. The molecule has 0 spiro atoms. The second kappa shape index (κ2) is 6.47. The molecule has 1 atom stereocenters. The molecular formula is C17H16F3NO2S. The van der Waals surface area contributed by atoms with E-state index in [9.17, 15) is 18.0 Å². The summed E-state index contributed by atoms with van der Waals surface area (Å²) in [5.41, 5.74) is 1.66. The van der Waals surface area contributed by atoms with Crippen molar-refractivity contribution in [3.05, 3.63) is 45.6 Å². The van der Waals surface area contributed by atoms with Crippen LogP contribution in [0.2, 0.25) is 0 Å². The van der Waals surface area contributed by atoms with E-state index in [1.54, 1.807) is 0 Å². The maximum absolute atomic E-state index is 12.3. The highest BCUT2D eigenvalue weighted by molar-refractivity contribution is 7.14. The Labute approximate surface area is 141 Å². The fourth-order valence-electron chi connectivity index (χ4n) is 2.75. The number of aryl methyl sites for hydroxylation is 1. The van der Waals surface area contributed by atoms with Gasteiger partial charge in [-0.1, -0.05) is 6.92 Å². The molecule has 1 amide bonds. The molecule has 0 saturated heterocycles. The molecule has 1 aromatic carbocycles. The first-order chi connectivity index (χ1) is 11.3. The zero-order chi connectivity index (χ0) is 17.3. The van der Waals surface area contributed by atoms with Crippen molar-refractivity contribution in [1.29, 1.82) is 0 Å². The zero-order valence-electron chi connectivity index (χ0n) is 12.9. The molecule has 1 aliphatic rings. The van der Waals surface area contributed by atoms with E-state index < -0.39 is 6.36 Å². The monoisotopic (exact) mass is 355 g/mol. The quantitative estimate of drug-likeness (QED) is 0.839. The number of hydrogen-bond acceptors (Lipinski definition) is 3. The van der Waals surface area contributed by atoms with Crippen molar-refractivity contribution in [2.75, 3.05) is 5.32 Å². The third-order valence-corrected chi connectivity index (χ3v) is 5.13. The predicted molar refractivity (Wildman–Crippen MR) is 86.6 cm³/mol. The molecule has 1 aromatic heterocycles. The van der Waals surface area contributed by atoms with Crippen molar-refractivity contribution in [1.82, 2.24) is 0 Å². The Hall–Kier alpha value is -2.02. The fourth-order valence-corrected chi connectivity index (χ4v) is 3.85. The van der Waals surface area contributed by atoms with Gasteiger partial charge in [0.15, 0.2) is 0 Å². The number of hydrogen-bond donors (Lipinski definition) is 1. The SMILES string of the molecule is C[C@H]1CCc2sc(C(=O)Nc3ccc(OC(F)(F)F)cc3)cc2C1. The van der Waals surface area contributed by atoms with Gasteiger partial charge in [-0.3, -0.25) is 4.79 Å². The second-order valence-corrected chi connectivity index (χ2v) is 7.07. The van der Waals surface area contributed by atoms with Gasteiger partial charge in [-0.25, -0.2) is 0 Å². The van der Waals surface area contributed by atoms with E-state index in [1.165, 1.54) is 46.0 Å². The Kier molecular flexibility index (Phi) is 4.54. The van der Waals surface area contributed by atoms with Gasteiger partial charge in [0.2, 0.25) is 0 Å². The molecule has 1 heterocycles. The Bertz CT molecular complexity index is 737. The van der Waals surface area contributed by atoms with Crippen LogP contribution in [0.4, 0.5) is 18.9 Å². The number of rotatable bonds is 3. The summed E-state index contributed by atoms with van der Waals surface area (Å²) < 4.78 is 40.2. The molecule has 7 heteroatoms. The number of amides is 1. The second-order valence-electron chi connectivity index (χ2n) is 5.93. The van der Waals surface area contributed by atoms with Crippen LogP contribution < -0.4 is 10.1 Å². The minimum absolute atomic E-state index is 0.244. The average Bonchev–Trinajstić information content (AvgIpc) is 2.91. The van der Waals surface area contributed by atoms with Gasteiger partial charge in [0.1, 0.15) is 5.75 Å². The minimum atomic E-state index is -4.72. The molecule has 0 fully saturated rings. The molecule has 1 N–H and O–H groups in total. The first-order valence-electron chi connectivity index (χ1n) is 7.59. The Balaban J connectivity index is 1.67. The highest BCUT2D eigenvalue weighted by Gasteiger charge is 2.31. The Morgan fingerprint density at radius 2 is 2.00 bits per heavy atom. The lowest BCUT2D eigenvalue weighted by Gasteiger charge is -2.16. The molecule has 2 aromatic rings. The summed E-state index contributed by atoms with van der Waals surface area (Å²) >= 11 is 1.49.